The molecule has 30 heavy (non-hydrogen) atoms. The minimum atomic E-state index is 0.126. The van der Waals surface area contributed by atoms with Crippen LogP contribution in [0.5, 0.6) is 0 Å². The van der Waals surface area contributed by atoms with Gasteiger partial charge in [0, 0.05) is 17.0 Å². The maximum atomic E-state index is 4.57. The van der Waals surface area contributed by atoms with E-state index in [9.17, 15) is 0 Å². The highest BCUT2D eigenvalue weighted by Crippen LogP contribution is 2.31. The van der Waals surface area contributed by atoms with Gasteiger partial charge in [0.1, 0.15) is 0 Å². The fraction of sp³-hybridized carbons (Fsp3) is 0.231. The van der Waals surface area contributed by atoms with Gasteiger partial charge in [0.2, 0.25) is 0 Å². The van der Waals surface area contributed by atoms with Crippen molar-refractivity contribution in [1.82, 2.24) is 14.8 Å². The van der Waals surface area contributed by atoms with E-state index in [-0.39, 0.29) is 5.41 Å². The van der Waals surface area contributed by atoms with Crippen molar-refractivity contribution in [3.8, 4) is 17.1 Å². The molecule has 0 aliphatic carbocycles. The predicted octanol–water partition coefficient (Wildman–Crippen LogP) is 6.83. The fourth-order valence-electron chi connectivity index (χ4n) is 3.31. The molecule has 0 saturated heterocycles. The second-order valence-corrected chi connectivity index (χ2v) is 9.52. The lowest BCUT2D eigenvalue weighted by atomic mass is 9.87. The summed E-state index contributed by atoms with van der Waals surface area (Å²) in [4.78, 5) is 0. The van der Waals surface area contributed by atoms with Crippen LogP contribution in [-0.2, 0) is 11.2 Å². The average Bonchev–Trinajstić information content (AvgIpc) is 3.17. The summed E-state index contributed by atoms with van der Waals surface area (Å²) >= 11 is 1.71. The summed E-state index contributed by atoms with van der Waals surface area (Å²) < 4.78 is 2.16. The largest absolute Gasteiger partial charge is 0.270 e. The first kappa shape index (κ1) is 20.4. The first-order chi connectivity index (χ1) is 14.4. The van der Waals surface area contributed by atoms with E-state index in [1.807, 2.05) is 6.07 Å². The summed E-state index contributed by atoms with van der Waals surface area (Å²) in [6.45, 7) is 8.80. The summed E-state index contributed by atoms with van der Waals surface area (Å²) in [5.41, 5.74) is 6.14. The molecule has 4 rings (SSSR count). The number of aromatic nitrogens is 3. The molecule has 0 aliphatic heterocycles. The Morgan fingerprint density at radius 1 is 0.800 bits per heavy atom. The Balaban J connectivity index is 1.70. The van der Waals surface area contributed by atoms with Crippen LogP contribution in [0.2, 0.25) is 0 Å². The smallest absolute Gasteiger partial charge is 0.196 e. The van der Waals surface area contributed by atoms with Crippen LogP contribution >= 0.6 is 11.8 Å². The average molecular weight is 414 g/mol. The van der Waals surface area contributed by atoms with E-state index in [0.717, 1.165) is 28.0 Å². The molecule has 0 fully saturated rings. The molecule has 4 aromatic rings. The van der Waals surface area contributed by atoms with E-state index in [1.165, 1.54) is 16.7 Å². The summed E-state index contributed by atoms with van der Waals surface area (Å²) in [6, 6.07) is 27.7. The maximum absolute atomic E-state index is 4.57. The number of para-hydroxylation sites is 1. The molecule has 0 bridgehead atoms. The van der Waals surface area contributed by atoms with Gasteiger partial charge in [0.25, 0.3) is 0 Å². The van der Waals surface area contributed by atoms with Crippen molar-refractivity contribution in [2.24, 2.45) is 0 Å². The summed E-state index contributed by atoms with van der Waals surface area (Å²) in [5, 5.41) is 10.0. The Morgan fingerprint density at radius 2 is 1.47 bits per heavy atom. The molecule has 0 unspecified atom stereocenters. The second-order valence-electron chi connectivity index (χ2n) is 8.58. The van der Waals surface area contributed by atoms with Gasteiger partial charge >= 0.3 is 0 Å². The van der Waals surface area contributed by atoms with Crippen molar-refractivity contribution in [2.75, 3.05) is 0 Å². The number of aryl methyl sites for hydroxylation is 1. The highest BCUT2D eigenvalue weighted by molar-refractivity contribution is 7.98. The van der Waals surface area contributed by atoms with Crippen molar-refractivity contribution in [1.29, 1.82) is 0 Å². The molecule has 0 N–H and O–H groups in total. The molecular weight excluding hydrogens is 386 g/mol. The standard InChI is InChI=1S/C26H27N3S/c1-19-10-12-20(13-11-19)18-30-25-28-27-24(29(25)23-8-6-5-7-9-23)21-14-16-22(17-15-21)26(2,3)4/h5-17H,18H2,1-4H3. The van der Waals surface area contributed by atoms with Crippen molar-refractivity contribution >= 4 is 11.8 Å². The Bertz CT molecular complexity index is 1110. The molecule has 0 aliphatic rings. The van der Waals surface area contributed by atoms with Crippen LogP contribution in [0, 0.1) is 6.92 Å². The van der Waals surface area contributed by atoms with Crippen LogP contribution in [0.4, 0.5) is 0 Å². The molecular formula is C26H27N3S. The molecule has 1 aromatic heterocycles. The highest BCUT2D eigenvalue weighted by Gasteiger charge is 2.18. The van der Waals surface area contributed by atoms with E-state index in [0.29, 0.717) is 0 Å². The topological polar surface area (TPSA) is 30.7 Å². The van der Waals surface area contributed by atoms with Crippen LogP contribution in [0.15, 0.2) is 84.0 Å². The Hall–Kier alpha value is -2.85. The van der Waals surface area contributed by atoms with E-state index < -0.39 is 0 Å². The lowest BCUT2D eigenvalue weighted by Gasteiger charge is -2.19. The van der Waals surface area contributed by atoms with E-state index in [4.69, 9.17) is 0 Å². The minimum Gasteiger partial charge on any atom is -0.270 e. The van der Waals surface area contributed by atoms with Gasteiger partial charge in [-0.05, 0) is 35.6 Å². The van der Waals surface area contributed by atoms with Gasteiger partial charge in [-0.25, -0.2) is 0 Å². The van der Waals surface area contributed by atoms with Crippen LogP contribution in [0.1, 0.15) is 37.5 Å². The lowest BCUT2D eigenvalue weighted by molar-refractivity contribution is 0.590. The van der Waals surface area contributed by atoms with Crippen LogP contribution in [0.3, 0.4) is 0 Å². The van der Waals surface area contributed by atoms with Gasteiger partial charge in [-0.15, -0.1) is 10.2 Å². The van der Waals surface area contributed by atoms with Crippen molar-refractivity contribution in [2.45, 2.75) is 44.0 Å². The van der Waals surface area contributed by atoms with Gasteiger partial charge in [0.05, 0.1) is 0 Å². The maximum Gasteiger partial charge on any atom is 0.196 e. The Morgan fingerprint density at radius 3 is 2.10 bits per heavy atom. The van der Waals surface area contributed by atoms with Gasteiger partial charge in [-0.1, -0.05) is 105 Å². The van der Waals surface area contributed by atoms with E-state index in [1.54, 1.807) is 11.8 Å². The third-order valence-electron chi connectivity index (χ3n) is 5.15. The lowest BCUT2D eigenvalue weighted by Crippen LogP contribution is -2.10. The zero-order valence-electron chi connectivity index (χ0n) is 18.0. The molecule has 0 saturated carbocycles. The number of hydrogen-bond acceptors (Lipinski definition) is 3. The molecule has 1 heterocycles. The molecule has 0 atom stereocenters. The summed E-state index contributed by atoms with van der Waals surface area (Å²) in [5.74, 6) is 1.72. The molecule has 152 valence electrons. The fourth-order valence-corrected chi connectivity index (χ4v) is 4.22. The molecule has 0 radical (unpaired) electrons. The summed E-state index contributed by atoms with van der Waals surface area (Å²) in [7, 11) is 0. The van der Waals surface area contributed by atoms with Crippen molar-refractivity contribution in [3.05, 3.63) is 95.6 Å². The van der Waals surface area contributed by atoms with Crippen LogP contribution < -0.4 is 0 Å². The molecule has 0 amide bonds. The first-order valence-electron chi connectivity index (χ1n) is 10.2. The van der Waals surface area contributed by atoms with Gasteiger partial charge in [-0.3, -0.25) is 4.57 Å². The molecule has 3 aromatic carbocycles. The summed E-state index contributed by atoms with van der Waals surface area (Å²) in [6.07, 6.45) is 0. The van der Waals surface area contributed by atoms with Crippen LogP contribution in [0.25, 0.3) is 17.1 Å². The van der Waals surface area contributed by atoms with Gasteiger partial charge < -0.3 is 0 Å². The van der Waals surface area contributed by atoms with Gasteiger partial charge in [-0.2, -0.15) is 0 Å². The van der Waals surface area contributed by atoms with Gasteiger partial charge in [0.15, 0.2) is 11.0 Å². The monoisotopic (exact) mass is 413 g/mol. The van der Waals surface area contributed by atoms with Crippen LogP contribution in [-0.4, -0.2) is 14.8 Å². The second kappa shape index (κ2) is 8.49. The number of hydrogen-bond donors (Lipinski definition) is 0. The van der Waals surface area contributed by atoms with E-state index in [2.05, 4.69) is 115 Å². The molecule has 0 spiro atoms. The normalized spacial score (nSPS) is 11.6. The first-order valence-corrected chi connectivity index (χ1v) is 11.2. The van der Waals surface area contributed by atoms with Crippen molar-refractivity contribution < 1.29 is 0 Å². The highest BCUT2D eigenvalue weighted by atomic mass is 32.2. The predicted molar refractivity (Wildman–Crippen MR) is 126 cm³/mol. The Kier molecular flexibility index (Phi) is 5.78. The third kappa shape index (κ3) is 4.49. The van der Waals surface area contributed by atoms with Crippen molar-refractivity contribution in [3.63, 3.8) is 0 Å². The Labute approximate surface area is 183 Å². The number of benzene rings is 3. The zero-order valence-corrected chi connectivity index (χ0v) is 18.8. The number of thioether (sulfide) groups is 1. The number of nitrogens with zero attached hydrogens (tertiary/aromatic N) is 3. The molecule has 3 nitrogen and oxygen atoms in total. The SMILES string of the molecule is Cc1ccc(CSc2nnc(-c3ccc(C(C)(C)C)cc3)n2-c2ccccc2)cc1. The van der Waals surface area contributed by atoms with E-state index >= 15 is 0 Å². The third-order valence-corrected chi connectivity index (χ3v) is 6.15. The quantitative estimate of drug-likeness (QED) is 0.336. The molecule has 4 heteroatoms. The number of rotatable bonds is 5. The zero-order chi connectivity index (χ0) is 21.1. The minimum absolute atomic E-state index is 0.126.